The normalized spacial score (nSPS) is 14.7. The lowest BCUT2D eigenvalue weighted by Crippen LogP contribution is -2.43. The topological polar surface area (TPSA) is 55.2 Å². The fraction of sp³-hybridized carbons (Fsp3) is 0.344. The van der Waals surface area contributed by atoms with Crippen LogP contribution in [0.4, 0.5) is 4.39 Å². The fourth-order valence-corrected chi connectivity index (χ4v) is 5.24. The largest absolute Gasteiger partial charge is 0.497 e. The molecule has 5 rings (SSSR count). The molecule has 0 aliphatic carbocycles. The van der Waals surface area contributed by atoms with Gasteiger partial charge in [-0.3, -0.25) is 9.69 Å². The van der Waals surface area contributed by atoms with E-state index in [0.29, 0.717) is 41.5 Å². The summed E-state index contributed by atoms with van der Waals surface area (Å²) >= 11 is 0. The zero-order valence-corrected chi connectivity index (χ0v) is 22.6. The number of halogens is 1. The van der Waals surface area contributed by atoms with Crippen molar-refractivity contribution in [2.24, 2.45) is 0 Å². The molecule has 1 saturated heterocycles. The molecule has 0 atom stereocenters. The zero-order valence-electron chi connectivity index (χ0n) is 22.6. The molecule has 6 nitrogen and oxygen atoms in total. The van der Waals surface area contributed by atoms with Crippen LogP contribution in [-0.4, -0.2) is 56.2 Å². The summed E-state index contributed by atoms with van der Waals surface area (Å²) in [5.74, 6) is 1.30. The smallest absolute Gasteiger partial charge is 0.200 e. The SMILES string of the molecule is COc1ccc(-c2coc3cc(OCCCN(C)C4CCN(Cc5ccccc5F)CC4)ccc3c2=O)cc1. The van der Waals surface area contributed by atoms with Gasteiger partial charge in [0.1, 0.15) is 29.2 Å². The van der Waals surface area contributed by atoms with E-state index in [-0.39, 0.29) is 11.2 Å². The van der Waals surface area contributed by atoms with E-state index in [1.165, 1.54) is 12.3 Å². The minimum atomic E-state index is -0.122. The first-order valence-corrected chi connectivity index (χ1v) is 13.5. The zero-order chi connectivity index (χ0) is 27.2. The van der Waals surface area contributed by atoms with Crippen LogP contribution in [0.3, 0.4) is 0 Å². The average molecular weight is 531 g/mol. The molecule has 0 N–H and O–H groups in total. The Morgan fingerprint density at radius 2 is 1.77 bits per heavy atom. The minimum absolute atomic E-state index is 0.0745. The Bertz CT molecular complexity index is 1450. The molecule has 0 radical (unpaired) electrons. The van der Waals surface area contributed by atoms with Crippen LogP contribution in [0.15, 0.2) is 82.2 Å². The van der Waals surface area contributed by atoms with Gasteiger partial charge in [0.2, 0.25) is 0 Å². The minimum Gasteiger partial charge on any atom is -0.497 e. The van der Waals surface area contributed by atoms with Crippen molar-refractivity contribution in [2.45, 2.75) is 31.8 Å². The number of benzene rings is 3. The molecule has 7 heteroatoms. The second-order valence-electron chi connectivity index (χ2n) is 10.1. The van der Waals surface area contributed by atoms with Crippen LogP contribution in [0.25, 0.3) is 22.1 Å². The van der Waals surface area contributed by atoms with E-state index in [0.717, 1.165) is 55.8 Å². The van der Waals surface area contributed by atoms with Crippen molar-refractivity contribution in [2.75, 3.05) is 40.4 Å². The van der Waals surface area contributed by atoms with Crippen molar-refractivity contribution in [1.29, 1.82) is 0 Å². The first-order valence-electron chi connectivity index (χ1n) is 13.5. The second-order valence-corrected chi connectivity index (χ2v) is 10.1. The molecule has 1 aromatic heterocycles. The third kappa shape index (κ3) is 6.49. The van der Waals surface area contributed by atoms with Gasteiger partial charge in [-0.25, -0.2) is 4.39 Å². The summed E-state index contributed by atoms with van der Waals surface area (Å²) in [6.45, 7) is 4.14. The summed E-state index contributed by atoms with van der Waals surface area (Å²) in [6.07, 6.45) is 4.55. The van der Waals surface area contributed by atoms with E-state index >= 15 is 0 Å². The van der Waals surface area contributed by atoms with Crippen LogP contribution >= 0.6 is 0 Å². The van der Waals surface area contributed by atoms with Crippen molar-refractivity contribution >= 4 is 11.0 Å². The van der Waals surface area contributed by atoms with Gasteiger partial charge in [0, 0.05) is 30.8 Å². The molecule has 1 aliphatic rings. The average Bonchev–Trinajstić information content (AvgIpc) is 2.97. The van der Waals surface area contributed by atoms with E-state index in [4.69, 9.17) is 13.9 Å². The predicted molar refractivity (Wildman–Crippen MR) is 152 cm³/mol. The molecule has 204 valence electrons. The maximum absolute atomic E-state index is 14.0. The molecule has 1 aliphatic heterocycles. The molecule has 3 aromatic carbocycles. The van der Waals surface area contributed by atoms with Crippen molar-refractivity contribution in [3.05, 3.63) is 94.6 Å². The van der Waals surface area contributed by atoms with Gasteiger partial charge in [-0.2, -0.15) is 0 Å². The summed E-state index contributed by atoms with van der Waals surface area (Å²) in [6, 6.07) is 20.3. The van der Waals surface area contributed by atoms with Gasteiger partial charge >= 0.3 is 0 Å². The van der Waals surface area contributed by atoms with Crippen molar-refractivity contribution in [1.82, 2.24) is 9.80 Å². The molecule has 0 saturated carbocycles. The summed E-state index contributed by atoms with van der Waals surface area (Å²) in [7, 11) is 3.78. The van der Waals surface area contributed by atoms with Crippen LogP contribution in [-0.2, 0) is 6.54 Å². The number of hydrogen-bond donors (Lipinski definition) is 0. The molecular weight excluding hydrogens is 495 g/mol. The van der Waals surface area contributed by atoms with Gasteiger partial charge in [-0.1, -0.05) is 30.3 Å². The predicted octanol–water partition coefficient (Wildman–Crippen LogP) is 5.97. The maximum atomic E-state index is 14.0. The number of methoxy groups -OCH3 is 1. The number of piperidine rings is 1. The summed E-state index contributed by atoms with van der Waals surface area (Å²) in [5, 5.41) is 0.525. The van der Waals surface area contributed by atoms with E-state index in [9.17, 15) is 9.18 Å². The number of hydrogen-bond acceptors (Lipinski definition) is 6. The molecule has 2 heterocycles. The van der Waals surface area contributed by atoms with Gasteiger partial charge in [-0.05, 0) is 75.3 Å². The van der Waals surface area contributed by atoms with Crippen LogP contribution in [0.1, 0.15) is 24.8 Å². The molecular formula is C32H35FN2O4. The Hall–Kier alpha value is -3.68. The number of likely N-dealkylation sites (tertiary alicyclic amines) is 1. The Morgan fingerprint density at radius 1 is 1.03 bits per heavy atom. The number of fused-ring (bicyclic) bond motifs is 1. The summed E-state index contributed by atoms with van der Waals surface area (Å²) in [5.41, 5.74) is 2.50. The molecule has 0 unspecified atom stereocenters. The molecule has 0 bridgehead atoms. The molecule has 1 fully saturated rings. The van der Waals surface area contributed by atoms with Crippen molar-refractivity contribution in [3.8, 4) is 22.6 Å². The van der Waals surface area contributed by atoms with Crippen LogP contribution in [0, 0.1) is 5.82 Å². The van der Waals surface area contributed by atoms with Crippen LogP contribution < -0.4 is 14.9 Å². The quantitative estimate of drug-likeness (QED) is 0.236. The monoisotopic (exact) mass is 530 g/mol. The molecule has 0 spiro atoms. The third-order valence-electron chi connectivity index (χ3n) is 7.60. The van der Waals surface area contributed by atoms with E-state index in [1.54, 1.807) is 25.3 Å². The second kappa shape index (κ2) is 12.5. The Labute approximate surface area is 228 Å². The lowest BCUT2D eigenvalue weighted by Gasteiger charge is -2.36. The lowest BCUT2D eigenvalue weighted by molar-refractivity contribution is 0.118. The van der Waals surface area contributed by atoms with Crippen molar-refractivity contribution < 1.29 is 18.3 Å². The summed E-state index contributed by atoms with van der Waals surface area (Å²) < 4.78 is 31.0. The van der Waals surface area contributed by atoms with Gasteiger partial charge in [-0.15, -0.1) is 0 Å². The maximum Gasteiger partial charge on any atom is 0.200 e. The standard InChI is InChI=1S/C32H35FN2O4/c1-34(25-14-17-35(18-15-25)21-24-6-3-4-7-30(24)33)16-5-19-38-27-12-13-28-31(20-27)39-22-29(32(28)36)23-8-10-26(37-2)11-9-23/h3-4,6-13,20,22,25H,5,14-19,21H2,1-2H3. The van der Waals surface area contributed by atoms with E-state index in [2.05, 4.69) is 16.8 Å². The fourth-order valence-electron chi connectivity index (χ4n) is 5.24. The third-order valence-corrected chi connectivity index (χ3v) is 7.60. The highest BCUT2D eigenvalue weighted by atomic mass is 19.1. The first kappa shape index (κ1) is 26.9. The number of ether oxygens (including phenoxy) is 2. The Morgan fingerprint density at radius 3 is 2.51 bits per heavy atom. The van der Waals surface area contributed by atoms with Gasteiger partial charge < -0.3 is 18.8 Å². The van der Waals surface area contributed by atoms with Gasteiger partial charge in [0.25, 0.3) is 0 Å². The van der Waals surface area contributed by atoms with E-state index < -0.39 is 0 Å². The first-order chi connectivity index (χ1) is 19.0. The number of rotatable bonds is 10. The van der Waals surface area contributed by atoms with Crippen LogP contribution in [0.5, 0.6) is 11.5 Å². The molecule has 0 amide bonds. The highest BCUT2D eigenvalue weighted by molar-refractivity contribution is 5.82. The van der Waals surface area contributed by atoms with Crippen LogP contribution in [0.2, 0.25) is 0 Å². The van der Waals surface area contributed by atoms with E-state index in [1.807, 2.05) is 42.5 Å². The molecule has 4 aromatic rings. The Kier molecular flexibility index (Phi) is 8.59. The highest BCUT2D eigenvalue weighted by Gasteiger charge is 2.22. The number of nitrogens with zero attached hydrogens (tertiary/aromatic N) is 2. The summed E-state index contributed by atoms with van der Waals surface area (Å²) in [4.78, 5) is 17.8. The molecule has 39 heavy (non-hydrogen) atoms. The highest BCUT2D eigenvalue weighted by Crippen LogP contribution is 2.25. The van der Waals surface area contributed by atoms with Crippen molar-refractivity contribution in [3.63, 3.8) is 0 Å². The van der Waals surface area contributed by atoms with Gasteiger partial charge in [0.05, 0.1) is 24.7 Å². The van der Waals surface area contributed by atoms with Gasteiger partial charge in [0.15, 0.2) is 5.43 Å². The lowest BCUT2D eigenvalue weighted by atomic mass is 10.0. The Balaban J connectivity index is 1.09.